The van der Waals surface area contributed by atoms with Crippen molar-refractivity contribution in [2.24, 2.45) is 0 Å². The van der Waals surface area contributed by atoms with Crippen LogP contribution in [0.5, 0.6) is 11.5 Å². The zero-order valence-corrected chi connectivity index (χ0v) is 21.9. The molecule has 35 heavy (non-hydrogen) atoms. The molecule has 4 aromatic rings. The molecule has 0 saturated heterocycles. The van der Waals surface area contributed by atoms with E-state index in [0.717, 1.165) is 48.7 Å². The minimum atomic E-state index is 0.221. The fraction of sp³-hybridized carbons (Fsp3) is 0.345. The molecule has 2 aromatic heterocycles. The molecule has 3 heterocycles. The lowest BCUT2D eigenvalue weighted by Gasteiger charge is -2.36. The van der Waals surface area contributed by atoms with Crippen molar-refractivity contribution in [1.82, 2.24) is 9.88 Å². The molecule has 0 saturated carbocycles. The maximum atomic E-state index is 6.15. The number of oxazole rings is 1. The second kappa shape index (κ2) is 9.88. The van der Waals surface area contributed by atoms with E-state index in [1.807, 2.05) is 36.5 Å². The number of ether oxygens (including phenoxy) is 2. The predicted molar refractivity (Wildman–Crippen MR) is 141 cm³/mol. The Morgan fingerprint density at radius 1 is 1.09 bits per heavy atom. The number of aryl methyl sites for hydroxylation is 2. The van der Waals surface area contributed by atoms with E-state index in [0.29, 0.717) is 11.6 Å². The van der Waals surface area contributed by atoms with Gasteiger partial charge in [0.2, 0.25) is 5.89 Å². The maximum absolute atomic E-state index is 6.15. The van der Waals surface area contributed by atoms with Gasteiger partial charge in [-0.1, -0.05) is 37.3 Å². The van der Waals surface area contributed by atoms with Crippen LogP contribution in [0.15, 0.2) is 52.9 Å². The molecule has 0 fully saturated rings. The van der Waals surface area contributed by atoms with Crippen molar-refractivity contribution >= 4 is 11.3 Å². The first-order chi connectivity index (χ1) is 17.0. The summed E-state index contributed by atoms with van der Waals surface area (Å²) in [6, 6.07) is 16.8. The van der Waals surface area contributed by atoms with Crippen LogP contribution >= 0.6 is 11.3 Å². The number of hydrogen-bond donors (Lipinski definition) is 0. The number of rotatable bonds is 7. The summed E-state index contributed by atoms with van der Waals surface area (Å²) in [6.45, 7) is 8.26. The molecule has 182 valence electrons. The van der Waals surface area contributed by atoms with Gasteiger partial charge in [0.15, 0.2) is 0 Å². The molecule has 0 N–H and O–H groups in total. The largest absolute Gasteiger partial charge is 0.497 e. The third kappa shape index (κ3) is 4.37. The van der Waals surface area contributed by atoms with Crippen LogP contribution in [-0.2, 0) is 19.4 Å². The third-order valence-corrected chi connectivity index (χ3v) is 8.21. The van der Waals surface area contributed by atoms with Crippen molar-refractivity contribution in [1.29, 1.82) is 0 Å². The summed E-state index contributed by atoms with van der Waals surface area (Å²) in [5.74, 6) is 2.84. The summed E-state index contributed by atoms with van der Waals surface area (Å²) < 4.78 is 17.1. The third-order valence-electron chi connectivity index (χ3n) is 6.97. The lowest BCUT2D eigenvalue weighted by molar-refractivity contribution is 0.204. The fourth-order valence-electron chi connectivity index (χ4n) is 5.18. The zero-order chi connectivity index (χ0) is 24.5. The van der Waals surface area contributed by atoms with Crippen molar-refractivity contribution in [3.8, 4) is 23.0 Å². The number of fused-ring (bicyclic) bond motifs is 1. The standard InChI is InChI=1S/C29H32N2O3S/c1-6-22-19(3)35-28-23(22)14-15-31(27(28)20-10-8-7-9-11-20)17-25-18(2)34-29(30-25)24-13-12-21(32-4)16-26(24)33-5/h7-13,16,27H,6,14-15,17H2,1-5H3. The van der Waals surface area contributed by atoms with Crippen molar-refractivity contribution < 1.29 is 13.9 Å². The van der Waals surface area contributed by atoms with Gasteiger partial charge in [-0.2, -0.15) is 0 Å². The van der Waals surface area contributed by atoms with Crippen LogP contribution in [0.25, 0.3) is 11.5 Å². The Kier molecular flexibility index (Phi) is 6.67. The van der Waals surface area contributed by atoms with Gasteiger partial charge in [0.05, 0.1) is 31.5 Å². The Hall–Kier alpha value is -3.09. The highest BCUT2D eigenvalue weighted by atomic mass is 32.1. The van der Waals surface area contributed by atoms with E-state index in [1.54, 1.807) is 19.8 Å². The summed E-state index contributed by atoms with van der Waals surface area (Å²) in [6.07, 6.45) is 2.16. The average Bonchev–Trinajstić information content (AvgIpc) is 3.41. The van der Waals surface area contributed by atoms with Crippen LogP contribution in [0.2, 0.25) is 0 Å². The molecule has 1 atom stereocenters. The van der Waals surface area contributed by atoms with E-state index in [-0.39, 0.29) is 6.04 Å². The van der Waals surface area contributed by atoms with E-state index in [1.165, 1.54) is 20.9 Å². The van der Waals surface area contributed by atoms with Crippen LogP contribution in [0.1, 0.15) is 50.9 Å². The van der Waals surface area contributed by atoms with Crippen LogP contribution in [0, 0.1) is 13.8 Å². The molecule has 0 amide bonds. The highest BCUT2D eigenvalue weighted by Crippen LogP contribution is 2.43. The number of thiophene rings is 1. The Balaban J connectivity index is 1.51. The Morgan fingerprint density at radius 3 is 2.60 bits per heavy atom. The minimum absolute atomic E-state index is 0.221. The van der Waals surface area contributed by atoms with Crippen LogP contribution in [-0.4, -0.2) is 30.6 Å². The average molecular weight is 489 g/mol. The van der Waals surface area contributed by atoms with Gasteiger partial charge >= 0.3 is 0 Å². The van der Waals surface area contributed by atoms with Gasteiger partial charge in [0.1, 0.15) is 17.3 Å². The van der Waals surface area contributed by atoms with E-state index in [9.17, 15) is 0 Å². The van der Waals surface area contributed by atoms with Crippen molar-refractivity contribution in [2.45, 2.75) is 46.2 Å². The zero-order valence-electron chi connectivity index (χ0n) is 21.1. The smallest absolute Gasteiger partial charge is 0.230 e. The minimum Gasteiger partial charge on any atom is -0.497 e. The molecule has 0 aliphatic carbocycles. The normalized spacial score (nSPS) is 15.7. The summed E-state index contributed by atoms with van der Waals surface area (Å²) in [7, 11) is 3.30. The summed E-state index contributed by atoms with van der Waals surface area (Å²) in [4.78, 5) is 10.4. The molecule has 0 bridgehead atoms. The Labute approximate surface area is 211 Å². The van der Waals surface area contributed by atoms with E-state index in [2.05, 4.69) is 49.1 Å². The predicted octanol–water partition coefficient (Wildman–Crippen LogP) is 6.75. The SMILES string of the molecule is CCc1c(C)sc2c1CCN(Cc1nc(-c3ccc(OC)cc3OC)oc1C)C2c1ccccc1. The van der Waals surface area contributed by atoms with Crippen LogP contribution in [0.3, 0.4) is 0 Å². The number of aromatic nitrogens is 1. The van der Waals surface area contributed by atoms with Gasteiger partial charge in [-0.05, 0) is 55.5 Å². The molecule has 5 nitrogen and oxygen atoms in total. The lowest BCUT2D eigenvalue weighted by atomic mass is 9.91. The molecule has 0 radical (unpaired) electrons. The maximum Gasteiger partial charge on any atom is 0.230 e. The summed E-state index contributed by atoms with van der Waals surface area (Å²) in [5, 5.41) is 0. The van der Waals surface area contributed by atoms with Crippen LogP contribution in [0.4, 0.5) is 0 Å². The second-order valence-corrected chi connectivity index (χ2v) is 10.2. The highest BCUT2D eigenvalue weighted by molar-refractivity contribution is 7.12. The molecule has 1 aliphatic rings. The monoisotopic (exact) mass is 488 g/mol. The number of nitrogens with zero attached hydrogens (tertiary/aromatic N) is 2. The van der Waals surface area contributed by atoms with E-state index in [4.69, 9.17) is 18.9 Å². The quantitative estimate of drug-likeness (QED) is 0.288. The van der Waals surface area contributed by atoms with Gasteiger partial charge in [0.25, 0.3) is 0 Å². The molecule has 0 spiro atoms. The molecule has 2 aromatic carbocycles. The first-order valence-electron chi connectivity index (χ1n) is 12.1. The number of benzene rings is 2. The molecule has 1 unspecified atom stereocenters. The van der Waals surface area contributed by atoms with Gasteiger partial charge in [-0.25, -0.2) is 4.98 Å². The molecule has 5 rings (SSSR count). The number of hydrogen-bond acceptors (Lipinski definition) is 6. The van der Waals surface area contributed by atoms with Gasteiger partial charge in [0, 0.05) is 28.9 Å². The first kappa shape index (κ1) is 23.6. The number of methoxy groups -OCH3 is 2. The van der Waals surface area contributed by atoms with Gasteiger partial charge < -0.3 is 13.9 Å². The van der Waals surface area contributed by atoms with Crippen LogP contribution < -0.4 is 9.47 Å². The summed E-state index contributed by atoms with van der Waals surface area (Å²) in [5.41, 5.74) is 6.21. The van der Waals surface area contributed by atoms with Crippen molar-refractivity contribution in [3.63, 3.8) is 0 Å². The summed E-state index contributed by atoms with van der Waals surface area (Å²) >= 11 is 1.96. The fourth-order valence-corrected chi connectivity index (χ4v) is 6.65. The molecule has 1 aliphatic heterocycles. The highest BCUT2D eigenvalue weighted by Gasteiger charge is 2.33. The molecular weight excluding hydrogens is 456 g/mol. The Morgan fingerprint density at radius 2 is 1.89 bits per heavy atom. The van der Waals surface area contributed by atoms with E-state index < -0.39 is 0 Å². The van der Waals surface area contributed by atoms with Gasteiger partial charge in [-0.3, -0.25) is 4.90 Å². The molecule has 6 heteroatoms. The van der Waals surface area contributed by atoms with E-state index >= 15 is 0 Å². The first-order valence-corrected chi connectivity index (χ1v) is 12.9. The molecular formula is C29H32N2O3S. The second-order valence-electron chi connectivity index (χ2n) is 8.95. The lowest BCUT2D eigenvalue weighted by Crippen LogP contribution is -2.35. The van der Waals surface area contributed by atoms with Crippen molar-refractivity contribution in [3.05, 3.63) is 86.4 Å². The van der Waals surface area contributed by atoms with Crippen molar-refractivity contribution in [2.75, 3.05) is 20.8 Å². The topological polar surface area (TPSA) is 47.7 Å². The van der Waals surface area contributed by atoms with Gasteiger partial charge in [-0.15, -0.1) is 11.3 Å². The Bertz CT molecular complexity index is 1330.